The smallest absolute Gasteiger partial charge is 0.406 e. The molecule has 6 fully saturated rings. The number of nitrogens with one attached hydrogen (secondary N) is 6. The summed E-state index contributed by atoms with van der Waals surface area (Å²) in [4.78, 5) is 95.3. The number of amides is 12. The minimum atomic E-state index is -4.72. The Balaban J connectivity index is 0.000000193. The summed E-state index contributed by atoms with van der Waals surface area (Å²) in [5.41, 5.74) is 6.26. The average molecular weight is 1630 g/mol. The molecule has 6 heterocycles. The third-order valence-corrected chi connectivity index (χ3v) is 20.0. The van der Waals surface area contributed by atoms with Gasteiger partial charge < -0.3 is 95.4 Å². The molecule has 0 unspecified atom stereocenters. The SMILES string of the molecule is CN1CCN(C(=O)NCc2cc(F)cc(F)c2)CC1.CN1CCN(C(=O)NCc2cccc(C(F)(F)F)c2)CC1.CN1CCN(C(=O)NCc2cccc(F)c2)CC1.CN1CCN(C(=O)NCc2cccc(OC(F)(F)F)c2)CC1.Cc1ccc(CNC(=O)N2CCN(C)CC2)cc1.Cc1ccccc1CNC(=O)N1CCN(C)CC1. The van der Waals surface area contributed by atoms with Crippen molar-refractivity contribution in [3.05, 3.63) is 207 Å². The highest BCUT2D eigenvalue weighted by Gasteiger charge is 2.33. The Morgan fingerprint density at radius 1 is 0.310 bits per heavy atom. The van der Waals surface area contributed by atoms with E-state index in [9.17, 15) is 68.3 Å². The topological polar surface area (TPSA) is 223 Å². The van der Waals surface area contributed by atoms with Gasteiger partial charge in [-0.1, -0.05) is 90.5 Å². The quantitative estimate of drug-likeness (QED) is 0.0594. The van der Waals surface area contributed by atoms with Gasteiger partial charge >= 0.3 is 48.7 Å². The van der Waals surface area contributed by atoms with Crippen LogP contribution in [0.4, 0.5) is 68.3 Å². The largest absolute Gasteiger partial charge is 0.573 e. The normalized spacial score (nSPS) is 16.6. The maximum atomic E-state index is 13.0. The van der Waals surface area contributed by atoms with Gasteiger partial charge in [-0.05, 0) is 144 Å². The number of alkyl halides is 6. The number of hydrogen-bond acceptors (Lipinski definition) is 13. The lowest BCUT2D eigenvalue weighted by Gasteiger charge is -2.32. The molecule has 6 saturated heterocycles. The number of aryl methyl sites for hydroxylation is 2. The molecule has 0 saturated carbocycles. The maximum Gasteiger partial charge on any atom is 0.573 e. The van der Waals surface area contributed by atoms with E-state index in [1.165, 1.54) is 65.2 Å². The molecule has 0 aromatic heterocycles. The Bertz CT molecular complexity index is 3990. The van der Waals surface area contributed by atoms with E-state index in [1.54, 1.807) is 43.9 Å². The number of carbonyl (C=O) groups excluding carboxylic acids is 6. The molecule has 12 amide bonds. The van der Waals surface area contributed by atoms with Gasteiger partial charge in [0.05, 0.1) is 5.56 Å². The molecule has 116 heavy (non-hydrogen) atoms. The summed E-state index contributed by atoms with van der Waals surface area (Å²) in [6, 6.07) is 35.8. The van der Waals surface area contributed by atoms with Gasteiger partial charge in [-0.3, -0.25) is 0 Å². The van der Waals surface area contributed by atoms with Crippen LogP contribution in [0.25, 0.3) is 0 Å². The molecule has 0 aliphatic carbocycles. The second-order valence-electron chi connectivity index (χ2n) is 29.4. The molecule has 0 atom stereocenters. The van der Waals surface area contributed by atoms with E-state index >= 15 is 0 Å². The Hall–Kier alpha value is -10.1. The lowest BCUT2D eigenvalue weighted by Crippen LogP contribution is -2.50. The Kier molecular flexibility index (Phi) is 37.8. The molecule has 6 aliphatic rings. The van der Waals surface area contributed by atoms with Gasteiger partial charge in [0.25, 0.3) is 0 Å². The molecule has 0 bridgehead atoms. The molecule has 6 aliphatic heterocycles. The van der Waals surface area contributed by atoms with Crippen molar-refractivity contribution in [3.8, 4) is 5.75 Å². The highest BCUT2D eigenvalue weighted by atomic mass is 19.4. The van der Waals surface area contributed by atoms with Crippen molar-refractivity contribution in [2.75, 3.05) is 199 Å². The predicted molar refractivity (Wildman–Crippen MR) is 428 cm³/mol. The van der Waals surface area contributed by atoms with Crippen LogP contribution in [0.1, 0.15) is 50.1 Å². The van der Waals surface area contributed by atoms with E-state index in [2.05, 4.69) is 130 Å². The summed E-state index contributed by atoms with van der Waals surface area (Å²) in [6.07, 6.45) is -9.08. The Labute approximate surface area is 674 Å². The summed E-state index contributed by atoms with van der Waals surface area (Å²) in [5, 5.41) is 16.8. The Morgan fingerprint density at radius 3 is 0.957 bits per heavy atom. The molecule has 6 aromatic rings. The molecular weight excluding hydrogens is 1520 g/mol. The first-order valence-corrected chi connectivity index (χ1v) is 38.8. The first-order chi connectivity index (χ1) is 55.2. The molecule has 34 heteroatoms. The van der Waals surface area contributed by atoms with Crippen LogP contribution >= 0.6 is 0 Å². The van der Waals surface area contributed by atoms with Crippen molar-refractivity contribution < 1.29 is 73.0 Å². The average Bonchev–Trinajstić information content (AvgIpc) is 0.838. The Morgan fingerprint density at radius 2 is 0.612 bits per heavy atom. The molecule has 12 rings (SSSR count). The molecular formula is C82H113F9N18O7. The minimum absolute atomic E-state index is 0.0451. The molecule has 0 spiro atoms. The zero-order chi connectivity index (χ0) is 84.3. The van der Waals surface area contributed by atoms with Gasteiger partial charge in [0.2, 0.25) is 0 Å². The first-order valence-electron chi connectivity index (χ1n) is 38.8. The van der Waals surface area contributed by atoms with Crippen LogP contribution in [0.15, 0.2) is 140 Å². The van der Waals surface area contributed by atoms with Crippen molar-refractivity contribution >= 4 is 36.2 Å². The number of urea groups is 6. The summed E-state index contributed by atoms with van der Waals surface area (Å²) in [7, 11) is 12.2. The van der Waals surface area contributed by atoms with E-state index in [-0.39, 0.29) is 67.4 Å². The summed E-state index contributed by atoms with van der Waals surface area (Å²) in [6.45, 7) is 25.2. The number of likely N-dealkylation sites (N-methyl/N-ethyl adjacent to an activating group) is 6. The van der Waals surface area contributed by atoms with Crippen LogP contribution in [0.3, 0.4) is 0 Å². The number of benzene rings is 6. The second kappa shape index (κ2) is 47.2. The number of hydrogen-bond donors (Lipinski definition) is 6. The molecule has 636 valence electrons. The highest BCUT2D eigenvalue weighted by molar-refractivity contribution is 5.77. The molecule has 6 aromatic carbocycles. The zero-order valence-electron chi connectivity index (χ0n) is 67.6. The van der Waals surface area contributed by atoms with Crippen molar-refractivity contribution in [2.45, 2.75) is 65.7 Å². The van der Waals surface area contributed by atoms with E-state index in [0.717, 1.165) is 147 Å². The van der Waals surface area contributed by atoms with Crippen LogP contribution in [0.5, 0.6) is 5.75 Å². The van der Waals surface area contributed by atoms with Crippen molar-refractivity contribution in [2.24, 2.45) is 0 Å². The van der Waals surface area contributed by atoms with Crippen molar-refractivity contribution in [1.29, 1.82) is 0 Å². The zero-order valence-corrected chi connectivity index (χ0v) is 67.6. The minimum Gasteiger partial charge on any atom is -0.406 e. The number of ether oxygens (including phenoxy) is 1. The number of nitrogens with zero attached hydrogens (tertiary/aromatic N) is 12. The molecule has 6 N–H and O–H groups in total. The monoisotopic (exact) mass is 1630 g/mol. The standard InChI is InChI=1S/C14H18F3N3O2.C14H18F3N3O.2C14H21N3O.C13H17F2N3O.C13H18FN3O/c1-19-5-7-20(8-6-19)13(21)18-10-11-3-2-4-12(9-11)22-14(15,16)17;1-19-5-7-20(8-6-19)13(21)18-10-11-3-2-4-12(9-11)14(15,16)17;1-12-3-5-13(6-4-12)11-15-14(18)17-9-7-16(2)8-10-17;1-12-5-3-4-6-13(12)11-15-14(18)17-9-7-16(2)8-10-17;1-17-2-4-18(5-3-17)13(19)16-9-10-6-11(14)8-12(15)7-10;1-16-5-7-17(8-6-16)13(18)15-10-11-3-2-4-12(14)9-11/h2-4,9H,5-8,10H2,1H3,(H,18,21);2-4,9H,5-8,10H2,1H3,(H,18,21);2*3-6H,7-11H2,1-2H3,(H,15,18);6-8H,2-5,9H2,1H3,(H,16,19);2-4,9H,5-8,10H2,1H3,(H,15,18). The summed E-state index contributed by atoms with van der Waals surface area (Å²) < 4.78 is 117. The number of piperazine rings is 6. The predicted octanol–water partition coefficient (Wildman–Crippen LogP) is 9.81. The summed E-state index contributed by atoms with van der Waals surface area (Å²) >= 11 is 0. The fourth-order valence-electron chi connectivity index (χ4n) is 12.4. The van der Waals surface area contributed by atoms with E-state index in [1.807, 2.05) is 50.1 Å². The van der Waals surface area contributed by atoms with Crippen molar-refractivity contribution in [1.82, 2.24) is 90.7 Å². The van der Waals surface area contributed by atoms with Gasteiger partial charge in [0.1, 0.15) is 23.2 Å². The number of rotatable bonds is 13. The second-order valence-corrected chi connectivity index (χ2v) is 29.4. The fraction of sp³-hybridized carbons (Fsp3) is 0.488. The number of halogens is 9. The van der Waals surface area contributed by atoms with Crippen LogP contribution in [-0.4, -0.2) is 301 Å². The lowest BCUT2D eigenvalue weighted by molar-refractivity contribution is -0.274. The van der Waals surface area contributed by atoms with E-state index < -0.39 is 29.7 Å². The highest BCUT2D eigenvalue weighted by Crippen LogP contribution is 2.30. The molecule has 25 nitrogen and oxygen atoms in total. The first kappa shape index (κ1) is 93.0. The van der Waals surface area contributed by atoms with Crippen LogP contribution < -0.4 is 36.6 Å². The van der Waals surface area contributed by atoms with E-state index in [0.29, 0.717) is 75.6 Å². The maximum absolute atomic E-state index is 13.0. The van der Waals surface area contributed by atoms with Crippen LogP contribution in [0.2, 0.25) is 0 Å². The fourth-order valence-corrected chi connectivity index (χ4v) is 12.4. The van der Waals surface area contributed by atoms with Crippen LogP contribution in [-0.2, 0) is 45.4 Å². The summed E-state index contributed by atoms with van der Waals surface area (Å²) in [5.74, 6) is -1.84. The van der Waals surface area contributed by atoms with Gasteiger partial charge in [-0.15, -0.1) is 13.2 Å². The molecule has 0 radical (unpaired) electrons. The van der Waals surface area contributed by atoms with Gasteiger partial charge in [-0.25, -0.2) is 41.9 Å². The van der Waals surface area contributed by atoms with Crippen LogP contribution in [0, 0.1) is 31.3 Å². The van der Waals surface area contributed by atoms with Crippen molar-refractivity contribution in [3.63, 3.8) is 0 Å². The number of carbonyl (C=O) groups is 6. The lowest BCUT2D eigenvalue weighted by atomic mass is 10.1. The van der Waals surface area contributed by atoms with Gasteiger partial charge in [0.15, 0.2) is 0 Å². The van der Waals surface area contributed by atoms with Gasteiger partial charge in [-0.2, -0.15) is 13.2 Å². The van der Waals surface area contributed by atoms with Gasteiger partial charge in [0, 0.05) is 202 Å². The third kappa shape index (κ3) is 34.7. The van der Waals surface area contributed by atoms with E-state index in [4.69, 9.17) is 0 Å². The third-order valence-electron chi connectivity index (χ3n) is 20.0.